The smallest absolute Gasteiger partial charge is 0.322 e. The maximum Gasteiger partial charge on any atom is 0.433 e. The van der Waals surface area contributed by atoms with E-state index in [-0.39, 0.29) is 22.1 Å². The number of hydrogen-bond donors (Lipinski definition) is 2. The molecule has 0 radical (unpaired) electrons. The van der Waals surface area contributed by atoms with Crippen LogP contribution in [0, 0.1) is 0 Å². The minimum absolute atomic E-state index is 0.0219. The fourth-order valence-corrected chi connectivity index (χ4v) is 2.88. The number of nitrogens with one attached hydrogen (secondary N) is 2. The Morgan fingerprint density at radius 3 is 2.03 bits per heavy atom. The average molecular weight is 515 g/mol. The summed E-state index contributed by atoms with van der Waals surface area (Å²) >= 11 is 5.76. The highest BCUT2D eigenvalue weighted by molar-refractivity contribution is 6.30. The van der Waals surface area contributed by atoms with Gasteiger partial charge in [-0.1, -0.05) is 23.7 Å². The molecule has 0 bridgehead atoms. The molecule has 0 saturated heterocycles. The van der Waals surface area contributed by atoms with Crippen molar-refractivity contribution in [1.29, 1.82) is 0 Å². The molecule has 0 spiro atoms. The predicted molar refractivity (Wildman–Crippen MR) is 115 cm³/mol. The van der Waals surface area contributed by atoms with Gasteiger partial charge in [-0.3, -0.25) is 14.6 Å². The van der Waals surface area contributed by atoms with Crippen LogP contribution in [-0.2, 0) is 21.9 Å². The van der Waals surface area contributed by atoms with Crippen molar-refractivity contribution in [3.63, 3.8) is 0 Å². The first-order valence-electron chi connectivity index (χ1n) is 9.49. The first-order valence-corrected chi connectivity index (χ1v) is 9.87. The molecule has 182 valence electrons. The van der Waals surface area contributed by atoms with E-state index in [1.54, 1.807) is 0 Å². The minimum Gasteiger partial charge on any atom is -0.322 e. The van der Waals surface area contributed by atoms with Crippen molar-refractivity contribution in [1.82, 2.24) is 9.97 Å². The van der Waals surface area contributed by atoms with Gasteiger partial charge in [0.15, 0.2) is 0 Å². The Labute approximate surface area is 198 Å². The van der Waals surface area contributed by atoms with Gasteiger partial charge in [-0.15, -0.1) is 0 Å². The Balaban J connectivity index is 1.94. The first-order chi connectivity index (χ1) is 16.3. The summed E-state index contributed by atoms with van der Waals surface area (Å²) in [4.78, 5) is 32.7. The number of carbonyl (C=O) groups is 2. The van der Waals surface area contributed by atoms with E-state index in [0.717, 1.165) is 30.5 Å². The number of amides is 2. The van der Waals surface area contributed by atoms with Gasteiger partial charge in [-0.05, 0) is 48.0 Å². The number of anilines is 2. The Hall–Kier alpha value is -3.93. The molecule has 2 N–H and O–H groups in total. The van der Waals surface area contributed by atoms with Crippen LogP contribution in [0.4, 0.5) is 37.7 Å². The van der Waals surface area contributed by atoms with Gasteiger partial charge in [0.25, 0.3) is 11.8 Å². The second-order valence-electron chi connectivity index (χ2n) is 6.89. The SMILES string of the molecule is O=C(Nc1cccc(C(F)(F)F)c1)/C(=C/c1ccc(C(F)(F)F)nc1)C(=O)Nc1ccnc(Cl)c1. The topological polar surface area (TPSA) is 84.0 Å². The van der Waals surface area contributed by atoms with Crippen LogP contribution >= 0.6 is 11.6 Å². The molecular formula is C22H13ClF6N4O2. The van der Waals surface area contributed by atoms with E-state index in [4.69, 9.17) is 11.6 Å². The third-order valence-corrected chi connectivity index (χ3v) is 4.52. The molecule has 0 atom stereocenters. The summed E-state index contributed by atoms with van der Waals surface area (Å²) in [7, 11) is 0. The maximum absolute atomic E-state index is 13.0. The van der Waals surface area contributed by atoms with Gasteiger partial charge >= 0.3 is 12.4 Å². The highest BCUT2D eigenvalue weighted by Gasteiger charge is 2.32. The van der Waals surface area contributed by atoms with Gasteiger partial charge in [0.2, 0.25) is 0 Å². The van der Waals surface area contributed by atoms with Crippen LogP contribution < -0.4 is 10.6 Å². The summed E-state index contributed by atoms with van der Waals surface area (Å²) in [5, 5.41) is 4.57. The number of hydrogen-bond acceptors (Lipinski definition) is 4. The first kappa shape index (κ1) is 25.7. The zero-order chi connectivity index (χ0) is 25.8. The van der Waals surface area contributed by atoms with E-state index in [1.807, 2.05) is 0 Å². The summed E-state index contributed by atoms with van der Waals surface area (Å²) in [6, 6.07) is 7.92. The van der Waals surface area contributed by atoms with E-state index in [1.165, 1.54) is 24.4 Å². The molecule has 2 heterocycles. The summed E-state index contributed by atoms with van der Waals surface area (Å²) in [6.07, 6.45) is -6.39. The quantitative estimate of drug-likeness (QED) is 0.148. The maximum atomic E-state index is 13.0. The van der Waals surface area contributed by atoms with Crippen LogP contribution in [0.1, 0.15) is 16.8 Å². The fourth-order valence-electron chi connectivity index (χ4n) is 2.71. The van der Waals surface area contributed by atoms with Crippen LogP contribution in [-0.4, -0.2) is 21.8 Å². The predicted octanol–water partition coefficient (Wildman–Crippen LogP) is 5.83. The van der Waals surface area contributed by atoms with Crippen molar-refractivity contribution in [2.75, 3.05) is 10.6 Å². The number of aromatic nitrogens is 2. The number of pyridine rings is 2. The molecule has 1 aromatic carbocycles. The lowest BCUT2D eigenvalue weighted by Crippen LogP contribution is -2.25. The number of alkyl halides is 6. The van der Waals surface area contributed by atoms with Crippen LogP contribution in [0.2, 0.25) is 5.15 Å². The third-order valence-electron chi connectivity index (χ3n) is 4.31. The number of rotatable bonds is 5. The lowest BCUT2D eigenvalue weighted by atomic mass is 10.1. The summed E-state index contributed by atoms with van der Waals surface area (Å²) in [6.45, 7) is 0. The molecule has 0 unspecified atom stereocenters. The van der Waals surface area contributed by atoms with Crippen molar-refractivity contribution in [3.05, 3.63) is 88.5 Å². The van der Waals surface area contributed by atoms with Crippen LogP contribution in [0.3, 0.4) is 0 Å². The second kappa shape index (κ2) is 10.1. The van der Waals surface area contributed by atoms with E-state index in [9.17, 15) is 35.9 Å². The molecule has 3 aromatic rings. The van der Waals surface area contributed by atoms with Gasteiger partial charge < -0.3 is 10.6 Å². The van der Waals surface area contributed by atoms with Gasteiger partial charge in [-0.2, -0.15) is 26.3 Å². The minimum atomic E-state index is -4.70. The van der Waals surface area contributed by atoms with Gasteiger partial charge in [-0.25, -0.2) is 4.98 Å². The molecule has 0 aliphatic rings. The van der Waals surface area contributed by atoms with E-state index >= 15 is 0 Å². The van der Waals surface area contributed by atoms with E-state index in [2.05, 4.69) is 20.6 Å². The standard InChI is InChI=1S/C22H13ClF6N4O2/c23-18-10-15(6-7-30-18)33-20(35)16(8-12-4-5-17(31-11-12)22(27,28)29)19(34)32-14-3-1-2-13(9-14)21(24,25)26/h1-11H,(H,32,34)(H,30,33,35)/b16-8-. The molecule has 0 fully saturated rings. The number of benzene rings is 1. The van der Waals surface area contributed by atoms with Gasteiger partial charge in [0.05, 0.1) is 5.56 Å². The number of nitrogens with zero attached hydrogens (tertiary/aromatic N) is 2. The average Bonchev–Trinajstić information content (AvgIpc) is 2.76. The molecule has 13 heteroatoms. The van der Waals surface area contributed by atoms with Crippen molar-refractivity contribution in [3.8, 4) is 0 Å². The molecular weight excluding hydrogens is 502 g/mol. The Morgan fingerprint density at radius 1 is 0.829 bits per heavy atom. The molecule has 6 nitrogen and oxygen atoms in total. The van der Waals surface area contributed by atoms with Crippen LogP contribution in [0.5, 0.6) is 0 Å². The Bertz CT molecular complexity index is 1270. The molecule has 3 rings (SSSR count). The zero-order valence-corrected chi connectivity index (χ0v) is 18.0. The summed E-state index contributed by atoms with van der Waals surface area (Å²) in [5.41, 5.74) is -3.03. The number of carbonyl (C=O) groups excluding carboxylic acids is 2. The molecule has 0 aliphatic heterocycles. The van der Waals surface area contributed by atoms with E-state index in [0.29, 0.717) is 12.1 Å². The third kappa shape index (κ3) is 7.03. The Morgan fingerprint density at radius 2 is 1.49 bits per heavy atom. The van der Waals surface area contributed by atoms with Gasteiger partial charge in [0, 0.05) is 23.8 Å². The highest BCUT2D eigenvalue weighted by atomic mass is 35.5. The Kier molecular flexibility index (Phi) is 7.44. The lowest BCUT2D eigenvalue weighted by Gasteiger charge is -2.12. The summed E-state index contributed by atoms with van der Waals surface area (Å²) in [5.74, 6) is -2.14. The van der Waals surface area contributed by atoms with Crippen LogP contribution in [0.15, 0.2) is 66.5 Å². The van der Waals surface area contributed by atoms with Crippen LogP contribution in [0.25, 0.3) is 6.08 Å². The molecule has 35 heavy (non-hydrogen) atoms. The van der Waals surface area contributed by atoms with Crippen molar-refractivity contribution in [2.45, 2.75) is 12.4 Å². The lowest BCUT2D eigenvalue weighted by molar-refractivity contribution is -0.141. The largest absolute Gasteiger partial charge is 0.433 e. The van der Waals surface area contributed by atoms with Crippen molar-refractivity contribution in [2.24, 2.45) is 0 Å². The molecule has 0 saturated carbocycles. The molecule has 2 amide bonds. The zero-order valence-electron chi connectivity index (χ0n) is 17.2. The second-order valence-corrected chi connectivity index (χ2v) is 7.27. The monoisotopic (exact) mass is 514 g/mol. The fraction of sp³-hybridized carbons (Fsp3) is 0.0909. The highest BCUT2D eigenvalue weighted by Crippen LogP contribution is 2.31. The molecule has 0 aliphatic carbocycles. The van der Waals surface area contributed by atoms with Crippen molar-refractivity contribution >= 4 is 40.9 Å². The summed E-state index contributed by atoms with van der Waals surface area (Å²) < 4.78 is 77.3. The number of halogens is 7. The van der Waals surface area contributed by atoms with Crippen molar-refractivity contribution < 1.29 is 35.9 Å². The van der Waals surface area contributed by atoms with Gasteiger partial charge in [0.1, 0.15) is 16.4 Å². The van der Waals surface area contributed by atoms with E-state index < -0.39 is 41.0 Å². The normalized spacial score (nSPS) is 12.3. The molecule has 2 aromatic heterocycles.